The van der Waals surface area contributed by atoms with Crippen molar-refractivity contribution >= 4 is 11.6 Å². The maximum Gasteiger partial charge on any atom is 0.169 e. The summed E-state index contributed by atoms with van der Waals surface area (Å²) in [4.78, 5) is 9.44. The van der Waals surface area contributed by atoms with Gasteiger partial charge in [-0.25, -0.2) is 0 Å². The number of nitrogens with zero attached hydrogens (tertiary/aromatic N) is 2. The van der Waals surface area contributed by atoms with Crippen LogP contribution in [0.1, 0.15) is 5.56 Å². The van der Waals surface area contributed by atoms with Gasteiger partial charge in [-0.05, 0) is 23.8 Å². The molecule has 3 rings (SSSR count). The lowest BCUT2D eigenvalue weighted by Crippen LogP contribution is -2.28. The van der Waals surface area contributed by atoms with E-state index in [9.17, 15) is 0 Å². The summed E-state index contributed by atoms with van der Waals surface area (Å²) >= 11 is 6.17. The normalized spacial score (nSPS) is 15.1. The highest BCUT2D eigenvalue weighted by Crippen LogP contribution is 2.27. The lowest BCUT2D eigenvalue weighted by molar-refractivity contribution is 0.401. The third kappa shape index (κ3) is 2.29. The van der Waals surface area contributed by atoms with E-state index in [0.717, 1.165) is 22.0 Å². The Morgan fingerprint density at radius 3 is 2.20 bits per heavy atom. The molecule has 0 saturated heterocycles. The summed E-state index contributed by atoms with van der Waals surface area (Å²) in [6, 6.07) is 15.8. The molecule has 0 bridgehead atoms. The van der Waals surface area contributed by atoms with Gasteiger partial charge < -0.3 is 4.74 Å². The first kappa shape index (κ1) is 13.1. The fraction of sp³-hybridized carbons (Fsp3) is 0.250. The van der Waals surface area contributed by atoms with Crippen LogP contribution in [-0.2, 0) is 6.42 Å². The van der Waals surface area contributed by atoms with E-state index < -0.39 is 5.66 Å². The topological polar surface area (TPSA) is 34.0 Å². The zero-order valence-electron chi connectivity index (χ0n) is 11.2. The number of para-hydroxylation sites is 3. The average molecular weight is 287 g/mol. The Labute approximate surface area is 122 Å². The van der Waals surface area contributed by atoms with Crippen LogP contribution in [0, 0.1) is 0 Å². The first-order valence-corrected chi connectivity index (χ1v) is 7.02. The number of halogens is 1. The second-order valence-corrected chi connectivity index (χ2v) is 5.08. The molecule has 0 fully saturated rings. The fourth-order valence-electron chi connectivity index (χ4n) is 2.47. The molecule has 0 spiro atoms. The minimum Gasteiger partial charge on any atom is -0.496 e. The van der Waals surface area contributed by atoms with Crippen molar-refractivity contribution in [2.75, 3.05) is 13.0 Å². The molecule has 2 aromatic carbocycles. The van der Waals surface area contributed by atoms with Gasteiger partial charge in [-0.1, -0.05) is 30.3 Å². The molecule has 102 valence electrons. The first-order chi connectivity index (χ1) is 9.76. The first-order valence-electron chi connectivity index (χ1n) is 6.49. The molecule has 0 amide bonds. The fourth-order valence-corrected chi connectivity index (χ4v) is 2.68. The van der Waals surface area contributed by atoms with Crippen molar-refractivity contribution < 1.29 is 4.74 Å². The highest BCUT2D eigenvalue weighted by molar-refractivity contribution is 6.18. The third-order valence-corrected chi connectivity index (χ3v) is 3.85. The van der Waals surface area contributed by atoms with Gasteiger partial charge in [0.2, 0.25) is 0 Å². The number of benzene rings is 2. The van der Waals surface area contributed by atoms with Crippen LogP contribution in [0.25, 0.3) is 0 Å². The molecule has 0 radical (unpaired) electrons. The maximum absolute atomic E-state index is 6.17. The Morgan fingerprint density at radius 1 is 1.00 bits per heavy atom. The maximum atomic E-state index is 6.17. The van der Waals surface area contributed by atoms with E-state index in [1.807, 2.05) is 48.5 Å². The number of rotatable bonds is 4. The summed E-state index contributed by atoms with van der Waals surface area (Å²) in [5, 5.41) is 1.81. The van der Waals surface area contributed by atoms with Gasteiger partial charge in [0.25, 0.3) is 0 Å². The smallest absolute Gasteiger partial charge is 0.169 e. The van der Waals surface area contributed by atoms with E-state index in [1.54, 1.807) is 7.11 Å². The van der Waals surface area contributed by atoms with Crippen molar-refractivity contribution in [3.63, 3.8) is 0 Å². The zero-order chi connectivity index (χ0) is 14.0. The van der Waals surface area contributed by atoms with Crippen LogP contribution in [0.4, 0.5) is 0 Å². The van der Waals surface area contributed by atoms with Gasteiger partial charge in [-0.15, -0.1) is 11.6 Å². The van der Waals surface area contributed by atoms with Gasteiger partial charge in [-0.3, -0.25) is 9.98 Å². The number of ether oxygens (including phenoxy) is 1. The Hall–Kier alpha value is -1.87. The van der Waals surface area contributed by atoms with E-state index in [4.69, 9.17) is 26.3 Å². The predicted molar refractivity (Wildman–Crippen MR) is 78.9 cm³/mol. The van der Waals surface area contributed by atoms with Crippen molar-refractivity contribution in [2.24, 2.45) is 9.98 Å². The molecule has 1 aliphatic heterocycles. The molecular weight excluding hydrogens is 272 g/mol. The standard InChI is InChI=1S/C16H15ClN2O/c1-20-15-9-5-2-6-12(15)10-16(11-17)18-13-7-3-4-8-14(13)19-16/h2-9H,10-11H2,1H3. The Kier molecular flexibility index (Phi) is 3.45. The average Bonchev–Trinajstić information content (AvgIpc) is 2.86. The van der Waals surface area contributed by atoms with Crippen LogP contribution in [-0.4, -0.2) is 18.7 Å². The molecule has 2 aromatic rings. The molecule has 20 heavy (non-hydrogen) atoms. The minimum absolute atomic E-state index is 0.347. The van der Waals surface area contributed by atoms with Crippen LogP contribution in [0.5, 0.6) is 5.75 Å². The van der Waals surface area contributed by atoms with Gasteiger partial charge in [0.05, 0.1) is 23.7 Å². The van der Waals surface area contributed by atoms with E-state index in [-0.39, 0.29) is 0 Å². The van der Waals surface area contributed by atoms with Gasteiger partial charge >= 0.3 is 0 Å². The van der Waals surface area contributed by atoms with Crippen LogP contribution in [0.2, 0.25) is 0 Å². The molecule has 3 nitrogen and oxygen atoms in total. The molecule has 0 unspecified atom stereocenters. The van der Waals surface area contributed by atoms with Gasteiger partial charge in [0, 0.05) is 6.42 Å². The Balaban J connectivity index is 2.03. The summed E-state index contributed by atoms with van der Waals surface area (Å²) in [5.74, 6) is 1.19. The Morgan fingerprint density at radius 2 is 1.60 bits per heavy atom. The van der Waals surface area contributed by atoms with E-state index in [1.165, 1.54) is 0 Å². The number of methoxy groups -OCH3 is 1. The summed E-state index contributed by atoms with van der Waals surface area (Å²) < 4.78 is 5.40. The lowest BCUT2D eigenvalue weighted by atomic mass is 10.0. The van der Waals surface area contributed by atoms with Gasteiger partial charge in [0.15, 0.2) is 5.66 Å². The molecule has 1 aliphatic rings. The number of hydrogen-bond donors (Lipinski definition) is 0. The van der Waals surface area contributed by atoms with Crippen molar-refractivity contribution in [1.29, 1.82) is 0 Å². The molecule has 0 aromatic heterocycles. The van der Waals surface area contributed by atoms with E-state index in [0.29, 0.717) is 12.3 Å². The largest absolute Gasteiger partial charge is 0.496 e. The quantitative estimate of drug-likeness (QED) is 0.793. The number of alkyl halides is 1. The third-order valence-electron chi connectivity index (χ3n) is 3.42. The van der Waals surface area contributed by atoms with Crippen LogP contribution in [0.15, 0.2) is 58.5 Å². The molecular formula is C16H15ClN2O. The van der Waals surface area contributed by atoms with Crippen molar-refractivity contribution in [1.82, 2.24) is 0 Å². The zero-order valence-corrected chi connectivity index (χ0v) is 12.0. The summed E-state index contributed by atoms with van der Waals surface area (Å²) in [6.07, 6.45) is 0.634. The van der Waals surface area contributed by atoms with Crippen LogP contribution >= 0.6 is 11.6 Å². The molecule has 4 heteroatoms. The number of fused-ring (bicyclic) bond motifs is 1. The van der Waals surface area contributed by atoms with Crippen LogP contribution in [0.3, 0.4) is 0 Å². The van der Waals surface area contributed by atoms with Crippen molar-refractivity contribution in [3.05, 3.63) is 64.8 Å². The van der Waals surface area contributed by atoms with Gasteiger partial charge in [-0.2, -0.15) is 0 Å². The van der Waals surface area contributed by atoms with E-state index >= 15 is 0 Å². The molecule has 0 atom stereocenters. The van der Waals surface area contributed by atoms with Crippen molar-refractivity contribution in [2.45, 2.75) is 12.1 Å². The number of hydrogen-bond acceptors (Lipinski definition) is 3. The molecule has 0 saturated carbocycles. The summed E-state index contributed by atoms with van der Waals surface area (Å²) in [6.45, 7) is 0. The summed E-state index contributed by atoms with van der Waals surface area (Å²) in [5.41, 5.74) is 0.441. The second kappa shape index (κ2) is 5.25. The molecule has 1 heterocycles. The molecule has 0 aliphatic carbocycles. The highest BCUT2D eigenvalue weighted by atomic mass is 35.5. The minimum atomic E-state index is -0.625. The SMILES string of the molecule is COc1ccccc1CC1(CCl)N=c2ccccc2=N1. The molecule has 0 N–H and O–H groups in total. The monoisotopic (exact) mass is 286 g/mol. The second-order valence-electron chi connectivity index (χ2n) is 4.82. The van der Waals surface area contributed by atoms with E-state index in [2.05, 4.69) is 0 Å². The van der Waals surface area contributed by atoms with Gasteiger partial charge in [0.1, 0.15) is 5.75 Å². The summed E-state index contributed by atoms with van der Waals surface area (Å²) in [7, 11) is 1.67. The Bertz CT molecular complexity index is 707. The highest BCUT2D eigenvalue weighted by Gasteiger charge is 2.31. The van der Waals surface area contributed by atoms with Crippen LogP contribution < -0.4 is 15.5 Å². The lowest BCUT2D eigenvalue weighted by Gasteiger charge is -2.21. The van der Waals surface area contributed by atoms with Crippen molar-refractivity contribution in [3.8, 4) is 5.75 Å². The predicted octanol–water partition coefficient (Wildman–Crippen LogP) is 2.13.